The van der Waals surface area contributed by atoms with Crippen LogP contribution in [0.15, 0.2) is 105 Å². The molecule has 2 aromatic carbocycles. The van der Waals surface area contributed by atoms with Crippen molar-refractivity contribution in [3.63, 3.8) is 0 Å². The minimum Gasteiger partial charge on any atom is -0.480 e. The maximum Gasteiger partial charge on any atom is 0.329 e. The highest BCUT2D eigenvalue weighted by molar-refractivity contribution is 8.59. The van der Waals surface area contributed by atoms with Crippen LogP contribution < -0.4 is 11.1 Å². The molecule has 10 nitrogen and oxygen atoms in total. The molecule has 2 fully saturated rings. The Kier molecular flexibility index (Phi) is 12.7. The number of carbonyl (C=O) groups excluding carboxylic acids is 1. The number of esters is 1. The number of ether oxygens (including phenoxy) is 1. The van der Waals surface area contributed by atoms with E-state index in [0.717, 1.165) is 63.4 Å². The van der Waals surface area contributed by atoms with Gasteiger partial charge in [-0.2, -0.15) is 0 Å². The molecule has 6 aromatic rings. The van der Waals surface area contributed by atoms with E-state index in [1.807, 2.05) is 88.4 Å². The number of pyridine rings is 2. The van der Waals surface area contributed by atoms with Crippen LogP contribution in [0.5, 0.6) is 0 Å². The first kappa shape index (κ1) is 41.3. The van der Waals surface area contributed by atoms with Crippen molar-refractivity contribution in [3.8, 4) is 11.4 Å². The van der Waals surface area contributed by atoms with Crippen molar-refractivity contribution < 1.29 is 19.4 Å². The summed E-state index contributed by atoms with van der Waals surface area (Å²) in [6, 6.07) is 18.6. The summed E-state index contributed by atoms with van der Waals surface area (Å²) in [7, 11) is 5.32. The summed E-state index contributed by atoms with van der Waals surface area (Å²) in [5, 5.41) is 14.6. The van der Waals surface area contributed by atoms with Gasteiger partial charge in [0.1, 0.15) is 12.1 Å². The SMILES string of the molecule is C.COC(=O)[C@@H]1CSc2c(C3CC3)c3cn(-c4ccccc4)cc3c(=O)n21.O=C(O)[C@@H]1CSc2c(C3CC3)c3cn(-c4ccccc4)cc3c(=O)n21.S=S=S=S=S. The highest BCUT2D eigenvalue weighted by atomic mass is 33.3. The molecule has 2 aliphatic heterocycles. The topological polar surface area (TPSA) is 117 Å². The molecule has 6 heterocycles. The standard InChI is InChI=1S/C20H18N2O3S.C19H16N2O3S.CH4.S5/c1-25-20(24)16-11-26-19-17(12-7-8-12)14-9-21(13-5-3-2-4-6-13)10-15(14)18(23)22(16)19;22-17-14-9-20(12-4-2-1-3-5-12)8-13(14)16(11-6-7-11)18-21(17)15(10-25-18)19(23)24;;1-3-5-4-2/h2-6,9-10,12,16H,7-8,11H2,1H3;1-5,8-9,11,15H,6-7,10H2,(H,23,24);1H4;/t16-;15-;;/m00../s1. The number of rotatable bonds is 6. The van der Waals surface area contributed by atoms with E-state index in [1.165, 1.54) is 55.6 Å². The van der Waals surface area contributed by atoms with Crippen molar-refractivity contribution in [2.24, 2.45) is 0 Å². The molecule has 4 aromatic heterocycles. The molecule has 2 aliphatic carbocycles. The van der Waals surface area contributed by atoms with Crippen LogP contribution in [0.4, 0.5) is 0 Å². The van der Waals surface area contributed by atoms with E-state index >= 15 is 0 Å². The van der Waals surface area contributed by atoms with Gasteiger partial charge < -0.3 is 19.0 Å². The zero-order chi connectivity index (χ0) is 39.1. The van der Waals surface area contributed by atoms with Gasteiger partial charge in [-0.3, -0.25) is 18.7 Å². The summed E-state index contributed by atoms with van der Waals surface area (Å²) in [4.78, 5) is 50.1. The van der Waals surface area contributed by atoms with E-state index in [-0.39, 0.29) is 24.5 Å². The van der Waals surface area contributed by atoms with Crippen molar-refractivity contribution in [1.29, 1.82) is 0 Å². The van der Waals surface area contributed by atoms with E-state index < -0.39 is 18.1 Å². The Bertz CT molecular complexity index is 2760. The summed E-state index contributed by atoms with van der Waals surface area (Å²) in [6.45, 7) is 0. The molecule has 0 amide bonds. The lowest BCUT2D eigenvalue weighted by atomic mass is 10.1. The predicted molar refractivity (Wildman–Crippen MR) is 242 cm³/mol. The van der Waals surface area contributed by atoms with E-state index in [0.29, 0.717) is 34.1 Å². The van der Waals surface area contributed by atoms with Crippen molar-refractivity contribution in [2.45, 2.75) is 67.1 Å². The number of fused-ring (bicyclic) bond motifs is 4. The molecule has 2 saturated carbocycles. The Morgan fingerprint density at radius 2 is 1.09 bits per heavy atom. The fourth-order valence-electron chi connectivity index (χ4n) is 7.47. The van der Waals surface area contributed by atoms with Gasteiger partial charge in [0, 0.05) is 107 Å². The van der Waals surface area contributed by atoms with Crippen LogP contribution >= 0.6 is 23.5 Å². The number of para-hydroxylation sites is 2. The molecule has 17 heteroatoms. The Labute approximate surface area is 355 Å². The number of aromatic nitrogens is 4. The van der Waals surface area contributed by atoms with Gasteiger partial charge in [0.15, 0.2) is 0 Å². The molecule has 10 rings (SSSR count). The van der Waals surface area contributed by atoms with Crippen LogP contribution in [-0.2, 0) is 63.3 Å². The summed E-state index contributed by atoms with van der Waals surface area (Å²) in [5.74, 6) is 0.632. The number of hydrogen-bond acceptors (Lipinski definition) is 9. The third kappa shape index (κ3) is 7.99. The number of methoxy groups -OCH3 is 1. The molecular weight excluding hydrogens is 857 g/mol. The van der Waals surface area contributed by atoms with Crippen LogP contribution in [0.3, 0.4) is 0 Å². The third-order valence-corrected chi connectivity index (χ3v) is 17.1. The number of carbonyl (C=O) groups is 2. The van der Waals surface area contributed by atoms with Gasteiger partial charge in [0.05, 0.1) is 27.9 Å². The van der Waals surface area contributed by atoms with Gasteiger partial charge in [-0.1, -0.05) is 43.8 Å². The average Bonchev–Trinajstić information content (AvgIpc) is 4.01. The summed E-state index contributed by atoms with van der Waals surface area (Å²) in [6.07, 6.45) is 12.3. The Balaban J connectivity index is 0.000000154. The third-order valence-electron chi connectivity index (χ3n) is 10.3. The number of nitrogens with zero attached hydrogens (tertiary/aromatic N) is 4. The molecule has 4 aliphatic rings. The van der Waals surface area contributed by atoms with E-state index in [2.05, 4.69) is 28.6 Å². The number of carboxylic acids is 1. The number of benzene rings is 2. The fraction of sp³-hybridized carbons (Fsp3) is 0.300. The minimum absolute atomic E-state index is 0. The lowest BCUT2D eigenvalue weighted by molar-refractivity contribution is -0.144. The fourth-order valence-corrected chi connectivity index (χ4v) is 13.0. The number of aliphatic carboxylic acids is 1. The first-order valence-electron chi connectivity index (χ1n) is 17.8. The largest absolute Gasteiger partial charge is 0.480 e. The zero-order valence-electron chi connectivity index (χ0n) is 29.8. The second-order valence-corrected chi connectivity index (χ2v) is 21.0. The second kappa shape index (κ2) is 17.6. The molecule has 0 spiro atoms. The van der Waals surface area contributed by atoms with Gasteiger partial charge in [0.2, 0.25) is 0 Å². The van der Waals surface area contributed by atoms with Crippen molar-refractivity contribution in [1.82, 2.24) is 18.3 Å². The first-order valence-corrected chi connectivity index (χ1v) is 25.1. The first-order chi connectivity index (χ1) is 27.2. The van der Waals surface area contributed by atoms with Crippen LogP contribution in [-0.4, -0.2) is 53.9 Å². The van der Waals surface area contributed by atoms with Crippen LogP contribution in [0.2, 0.25) is 0 Å². The normalized spacial score (nSPS) is 17.6. The smallest absolute Gasteiger partial charge is 0.329 e. The van der Waals surface area contributed by atoms with E-state index in [9.17, 15) is 24.3 Å². The van der Waals surface area contributed by atoms with Gasteiger partial charge >= 0.3 is 11.9 Å². The predicted octanol–water partition coefficient (Wildman–Crippen LogP) is 7.51. The summed E-state index contributed by atoms with van der Waals surface area (Å²) >= 11 is 12.0. The van der Waals surface area contributed by atoms with Crippen molar-refractivity contribution in [2.75, 3.05) is 18.6 Å². The highest BCUT2D eigenvalue weighted by Crippen LogP contribution is 2.51. The highest BCUT2D eigenvalue weighted by Gasteiger charge is 2.40. The summed E-state index contributed by atoms with van der Waals surface area (Å²) < 4.78 is 12.1. The number of hydrogen-bond donors (Lipinski definition) is 1. The maximum absolute atomic E-state index is 13.2. The molecule has 0 radical (unpaired) electrons. The average molecular weight is 895 g/mol. The molecule has 2 atom stereocenters. The Hall–Kier alpha value is -3.84. The summed E-state index contributed by atoms with van der Waals surface area (Å²) in [5.41, 5.74) is 4.11. The molecule has 0 bridgehead atoms. The van der Waals surface area contributed by atoms with Gasteiger partial charge in [-0.05, 0) is 72.9 Å². The zero-order valence-corrected chi connectivity index (χ0v) is 35.5. The number of carboxylic acid groups (broad SMARTS) is 1. The molecule has 0 saturated heterocycles. The Morgan fingerprint density at radius 3 is 1.46 bits per heavy atom. The second-order valence-electron chi connectivity index (χ2n) is 13.7. The maximum atomic E-state index is 13.2. The quantitative estimate of drug-likeness (QED) is 0.169. The van der Waals surface area contributed by atoms with E-state index in [4.69, 9.17) is 4.74 Å². The lowest BCUT2D eigenvalue weighted by Gasteiger charge is -2.14. The monoisotopic (exact) mass is 894 g/mol. The molecular formula is C40H38N4O6S7. The van der Waals surface area contributed by atoms with Gasteiger partial charge in [-0.15, -0.1) is 23.5 Å². The number of thioether (sulfide) groups is 2. The molecule has 57 heavy (non-hydrogen) atoms. The van der Waals surface area contributed by atoms with Crippen molar-refractivity contribution >= 4 is 106 Å². The van der Waals surface area contributed by atoms with Gasteiger partial charge in [0.25, 0.3) is 11.1 Å². The Morgan fingerprint density at radius 1 is 0.684 bits per heavy atom. The van der Waals surface area contributed by atoms with Crippen LogP contribution in [0.1, 0.15) is 68.2 Å². The molecule has 1 N–H and O–H groups in total. The van der Waals surface area contributed by atoms with Crippen LogP contribution in [0, 0.1) is 0 Å². The lowest BCUT2D eigenvalue weighted by Crippen LogP contribution is -2.30. The minimum atomic E-state index is -0.933. The van der Waals surface area contributed by atoms with Gasteiger partial charge in [-0.25, -0.2) is 9.59 Å². The molecule has 296 valence electrons. The molecule has 0 unspecified atom stereocenters. The van der Waals surface area contributed by atoms with E-state index in [1.54, 1.807) is 16.3 Å². The van der Waals surface area contributed by atoms with Crippen molar-refractivity contribution in [3.05, 3.63) is 117 Å². The van der Waals surface area contributed by atoms with Crippen LogP contribution in [0.25, 0.3) is 32.9 Å².